The molecule has 0 aliphatic carbocycles. The minimum Gasteiger partial charge on any atom is -0.481 e. The van der Waals surface area contributed by atoms with Gasteiger partial charge in [0, 0.05) is 179 Å². The lowest BCUT2D eigenvalue weighted by Crippen LogP contribution is -2.49. The number of hydrogen-bond donors (Lipinski definition) is 9. The van der Waals surface area contributed by atoms with Gasteiger partial charge in [0.1, 0.15) is 36.0 Å². The van der Waals surface area contributed by atoms with E-state index in [0.29, 0.717) is 69.0 Å². The lowest BCUT2D eigenvalue weighted by atomic mass is 9.96. The number of carboxylic acids is 1. The van der Waals surface area contributed by atoms with E-state index in [1.807, 2.05) is 14.1 Å². The van der Waals surface area contributed by atoms with E-state index in [1.165, 1.54) is 30.9 Å². The normalized spacial score (nSPS) is 22.8. The predicted molar refractivity (Wildman–Crippen MR) is 435 cm³/mol. The Labute approximate surface area is 720 Å². The van der Waals surface area contributed by atoms with Gasteiger partial charge < -0.3 is 85.4 Å². The predicted octanol–water partition coefficient (Wildman–Crippen LogP) is -3.16. The second-order valence-electron chi connectivity index (χ2n) is 30.7. The molecule has 5 aromatic heterocycles. The summed E-state index contributed by atoms with van der Waals surface area (Å²) < 4.78 is 43.0. The number of hydrazine groups is 1. The molecule has 13 amide bonds. The van der Waals surface area contributed by atoms with Crippen LogP contribution in [0.3, 0.4) is 0 Å². The number of aliphatic carboxylic acids is 1. The molecule has 682 valence electrons. The van der Waals surface area contributed by atoms with Gasteiger partial charge in [0.25, 0.3) is 5.91 Å². The van der Waals surface area contributed by atoms with Crippen LogP contribution in [0.1, 0.15) is 155 Å². The van der Waals surface area contributed by atoms with Gasteiger partial charge in [-0.1, -0.05) is 5.16 Å². The van der Waals surface area contributed by atoms with Crippen molar-refractivity contribution in [1.29, 1.82) is 0 Å². The van der Waals surface area contributed by atoms with Crippen LogP contribution in [-0.2, 0) is 98.0 Å². The average Bonchev–Trinajstić information content (AvgIpc) is 1.59. The number of carboxylic acid groups (broad SMARTS) is 1. The number of hydrogen-bond acceptors (Lipinski definition) is 30. The van der Waals surface area contributed by atoms with Crippen molar-refractivity contribution in [2.24, 2.45) is 77.8 Å². The summed E-state index contributed by atoms with van der Waals surface area (Å²) in [5.74, 6) is 3.64. The maximum absolute atomic E-state index is 12.7. The zero-order chi connectivity index (χ0) is 91.7. The maximum atomic E-state index is 12.7. The van der Waals surface area contributed by atoms with Crippen molar-refractivity contribution in [2.45, 2.75) is 98.9 Å². The third kappa shape index (κ3) is 17.6. The fourth-order valence-corrected chi connectivity index (χ4v) is 17.0. The number of nitrogens with two attached hydrogens (primary N) is 3. The number of amides is 13. The molecule has 5 saturated heterocycles. The molecule has 12 N–H and O–H groups in total. The van der Waals surface area contributed by atoms with Crippen LogP contribution in [0, 0.1) is 0 Å². The van der Waals surface area contributed by atoms with E-state index in [-0.39, 0.29) is 123 Å². The van der Waals surface area contributed by atoms with Gasteiger partial charge in [-0.15, -0.1) is 0 Å². The van der Waals surface area contributed by atoms with Crippen molar-refractivity contribution < 1.29 is 94.5 Å². The van der Waals surface area contributed by atoms with E-state index in [9.17, 15) is 61.2 Å². The SMILES string of the molecule is CN(N)/C(=N\OS(=O)(=O)O)[C@@H]1c2c(cnn2C)[C@@H]2CN1C(=O)N2C.CN1C(=O)CON=C1[C@@H]1c2c(cnn2C)[C@@H]2CN1C(=O)N2C.CN=C(NOC(=O)CCC(=O)O)[C@@H]1c2c(cnn2C)[C@@H]2CN1C(=O)N2C.CN=C(NOC(=O)CCC(N)=O)[C@@H]1c2c(cnn2C)[C@@H]2CN1C(=O)N2C.CN=C(NOCC(=O)NCCCCN)[C@@H]1c2c(cnn2C)[C@@H]2CN1C(=O)N2C. The van der Waals surface area contributed by atoms with Gasteiger partial charge in [-0.3, -0.25) is 82.3 Å². The Morgan fingerprint density at radius 2 is 0.889 bits per heavy atom. The number of fused-ring (bicyclic) bond motifs is 20. The molecule has 126 heavy (non-hydrogen) atoms. The first-order valence-corrected chi connectivity index (χ1v) is 40.8. The number of amidine groups is 5. The molecule has 16 rings (SSSR count). The molecule has 11 aliphatic rings. The number of nitrogens with one attached hydrogen (secondary N) is 4. The highest BCUT2D eigenvalue weighted by Gasteiger charge is 2.56. The number of primary amides is 1. The van der Waals surface area contributed by atoms with Crippen LogP contribution in [-0.4, -0.2) is 350 Å². The Morgan fingerprint density at radius 1 is 0.532 bits per heavy atom. The number of unbranched alkanes of at least 4 members (excludes halogenated alkanes) is 1. The van der Waals surface area contributed by atoms with E-state index in [0.717, 1.165) is 68.4 Å². The highest BCUT2D eigenvalue weighted by atomic mass is 32.3. The summed E-state index contributed by atoms with van der Waals surface area (Å²) in [5, 5.41) is 41.4. The molecule has 5 fully saturated rings. The number of aromatic nitrogens is 10. The standard InChI is InChI=1S/C17H28N8O3.C15H21N7O4.C15H20N6O5.C13H16N6O3.C11H17N7O5S/c1-19-16(22-28-10-13(26)20-7-5-4-6-18)15-14-11(8-21-24(14)3)12-9-25(15)17(27)23(12)2;1-17-14(19-26-11(24)5-4-10(16)23)13-12-8(6-18-21(12)3)9-7-22(13)15(25)20(9)2;1-16-14(18-26-11(24)5-4-10(22)23)13-12-8(6-17-20(12)3)9-7-21(13)15(25)19(9)2;1-16-8-5-19(13(16)21)11(10-7(8)4-14-18(10)3)12-15-22-6-9(20)17(12)2;1-15-7-5-18(11(15)19)9(8-6(7)4-13-17(8)3)10(16(2)12)14-23-24(20,21)22/h8,12,15H,4-7,9-10,18H2,1-3H3,(H,19,22)(H,20,26);6,9,13H,4-5,7H2,1-3H3,(H2,16,23)(H,17,19);6,9,13H,4-5,7H2,1-3H3,(H,16,18)(H,22,23);4,8,11H,5-6H2,1-3H3;4,7,9H,5,12H2,1-3H3,(H,20,21,22)/b;;;;14-10-/t12-,15-;2*9-,13-;8-,11-;7-,9-/m00000/s1. The van der Waals surface area contributed by atoms with Gasteiger partial charge >= 0.3 is 58.5 Å². The van der Waals surface area contributed by atoms with Gasteiger partial charge in [0.15, 0.2) is 36.6 Å². The summed E-state index contributed by atoms with van der Waals surface area (Å²) in [7, 11) is 20.5. The number of nitrogens with zero attached hydrogens (tertiary/aromatic N) is 27. The molecule has 11 aliphatic heterocycles. The van der Waals surface area contributed by atoms with Crippen molar-refractivity contribution in [1.82, 2.24) is 130 Å². The number of hydroxylamine groups is 3. The fourth-order valence-electron chi connectivity index (χ4n) is 16.8. The van der Waals surface area contributed by atoms with Crippen LogP contribution in [0.5, 0.6) is 0 Å². The second-order valence-corrected chi connectivity index (χ2v) is 31.7. The first-order valence-electron chi connectivity index (χ1n) is 39.4. The smallest absolute Gasteiger partial charge is 0.466 e. The molecule has 0 radical (unpaired) electrons. The van der Waals surface area contributed by atoms with Crippen molar-refractivity contribution in [3.8, 4) is 0 Å². The van der Waals surface area contributed by atoms with Crippen LogP contribution in [0.15, 0.2) is 56.3 Å². The molecule has 0 saturated carbocycles. The fraction of sp³-hybridized carbons (Fsp3) is 0.563. The van der Waals surface area contributed by atoms with E-state index in [2.05, 4.69) is 76.8 Å². The molecule has 0 spiro atoms. The summed E-state index contributed by atoms with van der Waals surface area (Å²) in [6.45, 7) is 3.38. The molecule has 5 aromatic rings. The molecule has 10 bridgehead atoms. The van der Waals surface area contributed by atoms with Gasteiger partial charge in [0.2, 0.25) is 11.8 Å². The largest absolute Gasteiger partial charge is 0.481 e. The van der Waals surface area contributed by atoms with Crippen molar-refractivity contribution in [2.75, 3.05) is 130 Å². The van der Waals surface area contributed by atoms with E-state index in [1.54, 1.807) is 169 Å². The summed E-state index contributed by atoms with van der Waals surface area (Å²) in [5.41, 5.74) is 26.9. The Kier molecular flexibility index (Phi) is 27.1. The number of carbonyl (C=O) groups excluding carboxylic acids is 10. The Bertz CT molecular complexity index is 5230. The van der Waals surface area contributed by atoms with Crippen molar-refractivity contribution >= 4 is 105 Å². The van der Waals surface area contributed by atoms with Crippen LogP contribution in [0.4, 0.5) is 24.0 Å². The van der Waals surface area contributed by atoms with Crippen LogP contribution in [0.25, 0.3) is 0 Å². The van der Waals surface area contributed by atoms with Gasteiger partial charge in [0.05, 0.1) is 109 Å². The van der Waals surface area contributed by atoms with E-state index in [4.69, 9.17) is 46.3 Å². The molecule has 0 unspecified atom stereocenters. The summed E-state index contributed by atoms with van der Waals surface area (Å²) in [6.07, 6.45) is 9.54. The number of carbonyl (C=O) groups is 11. The quantitative estimate of drug-likeness (QED) is 0.00928. The maximum Gasteiger partial charge on any atom is 0.466 e. The lowest BCUT2D eigenvalue weighted by molar-refractivity contribution is -0.151. The number of rotatable bonds is 20. The summed E-state index contributed by atoms with van der Waals surface area (Å²) >= 11 is 0. The highest BCUT2D eigenvalue weighted by Crippen LogP contribution is 2.49. The van der Waals surface area contributed by atoms with E-state index >= 15 is 0 Å². The molecular formula is C71H102N34O20S. The molecule has 10 atom stereocenters. The highest BCUT2D eigenvalue weighted by molar-refractivity contribution is 7.80. The topological polar surface area (TPSA) is 624 Å². The van der Waals surface area contributed by atoms with E-state index < -0.39 is 64.4 Å². The second kappa shape index (κ2) is 37.3. The van der Waals surface area contributed by atoms with Gasteiger partial charge in [-0.05, 0) is 24.5 Å². The first-order chi connectivity index (χ1) is 59.8. The lowest BCUT2D eigenvalue weighted by Gasteiger charge is -2.35. The van der Waals surface area contributed by atoms with Crippen LogP contribution in [0.2, 0.25) is 0 Å². The number of urea groups is 5. The van der Waals surface area contributed by atoms with Crippen LogP contribution >= 0.6 is 0 Å². The Morgan fingerprint density at radius 3 is 1.26 bits per heavy atom. The summed E-state index contributed by atoms with van der Waals surface area (Å²) in [4.78, 5) is 182. The number of oxime groups is 2. The number of aliphatic imine (C=N–C) groups is 3. The van der Waals surface area contributed by atoms with Gasteiger partial charge in [-0.2, -0.15) is 33.9 Å². The monoisotopic (exact) mass is 1780 g/mol. The number of likely N-dealkylation sites (N-methyl/N-ethyl adjacent to an activating group) is 7. The zero-order valence-electron chi connectivity index (χ0n) is 71.7. The third-order valence-corrected chi connectivity index (χ3v) is 23.5. The van der Waals surface area contributed by atoms with Crippen molar-refractivity contribution in [3.63, 3.8) is 0 Å². The van der Waals surface area contributed by atoms with Crippen molar-refractivity contribution in [3.05, 3.63) is 87.3 Å². The number of aryl methyl sites for hydroxylation is 5. The van der Waals surface area contributed by atoms with Gasteiger partial charge in [-0.25, -0.2) is 54.6 Å². The minimum absolute atomic E-state index is 0.0152. The molecule has 55 heteroatoms. The molecular weight excluding hydrogens is 1680 g/mol. The summed E-state index contributed by atoms with van der Waals surface area (Å²) in [6, 6.07) is -3.93. The average molecular weight is 1780 g/mol. The first kappa shape index (κ1) is 91.4. The van der Waals surface area contributed by atoms with Crippen LogP contribution < -0.4 is 39.1 Å². The Balaban J connectivity index is 0.000000143. The molecule has 0 aromatic carbocycles. The third-order valence-electron chi connectivity index (χ3n) is 23.3. The molecule has 54 nitrogen and oxygen atoms in total. The molecule has 16 heterocycles. The Hall–Kier alpha value is -13.8. The zero-order valence-corrected chi connectivity index (χ0v) is 72.5. The minimum atomic E-state index is -4.81.